The van der Waals surface area contributed by atoms with Crippen LogP contribution in [-0.4, -0.2) is 97.3 Å². The number of nitrogens with one attached hydrogen (secondary N) is 2. The Balaban J connectivity index is 0.992. The molecule has 2 aliphatic rings. The molecule has 0 aliphatic carbocycles. The summed E-state index contributed by atoms with van der Waals surface area (Å²) >= 11 is 0. The van der Waals surface area contributed by atoms with Gasteiger partial charge in [0, 0.05) is 77.8 Å². The third-order valence-corrected chi connectivity index (χ3v) is 6.74. The van der Waals surface area contributed by atoms with Crippen LogP contribution in [0.2, 0.25) is 0 Å². The molecule has 2 N–H and O–H groups in total. The van der Waals surface area contributed by atoms with Gasteiger partial charge in [-0.2, -0.15) is 0 Å². The molecule has 0 radical (unpaired) electrons. The number of hydrogen-bond acceptors (Lipinski definition) is 6. The van der Waals surface area contributed by atoms with Crippen LogP contribution in [0.4, 0.5) is 21.2 Å². The van der Waals surface area contributed by atoms with Crippen molar-refractivity contribution in [3.05, 3.63) is 48.8 Å². The van der Waals surface area contributed by atoms with E-state index >= 15 is 0 Å². The highest BCUT2D eigenvalue weighted by molar-refractivity contribution is 5.75. The van der Waals surface area contributed by atoms with E-state index in [0.29, 0.717) is 39.3 Å². The van der Waals surface area contributed by atoms with Crippen molar-refractivity contribution in [1.29, 1.82) is 0 Å². The molecule has 4 amide bonds. The summed E-state index contributed by atoms with van der Waals surface area (Å²) in [5.74, 6) is 1.94. The second-order valence-corrected chi connectivity index (χ2v) is 9.20. The van der Waals surface area contributed by atoms with Crippen LogP contribution in [-0.2, 0) is 0 Å². The lowest BCUT2D eigenvalue weighted by Gasteiger charge is -2.35. The zero-order valence-corrected chi connectivity index (χ0v) is 21.0. The second-order valence-electron chi connectivity index (χ2n) is 9.20. The summed E-state index contributed by atoms with van der Waals surface area (Å²) in [5.41, 5.74) is 0. The van der Waals surface area contributed by atoms with Gasteiger partial charge in [0.05, 0.1) is 0 Å². The molecule has 0 aromatic carbocycles. The molecular formula is C26H38N8O2. The van der Waals surface area contributed by atoms with Gasteiger partial charge < -0.3 is 30.2 Å². The molecule has 10 nitrogen and oxygen atoms in total. The predicted molar refractivity (Wildman–Crippen MR) is 141 cm³/mol. The average Bonchev–Trinajstić information content (AvgIpc) is 2.95. The Hall–Kier alpha value is -3.56. The van der Waals surface area contributed by atoms with Crippen LogP contribution in [0.1, 0.15) is 25.7 Å². The maximum Gasteiger partial charge on any atom is 0.317 e. The molecule has 2 aliphatic heterocycles. The van der Waals surface area contributed by atoms with Crippen molar-refractivity contribution >= 4 is 23.7 Å². The Labute approximate surface area is 213 Å². The summed E-state index contributed by atoms with van der Waals surface area (Å²) in [6, 6.07) is 11.9. The Bertz CT molecular complexity index is 852. The number of pyridine rings is 2. The molecule has 10 heteroatoms. The fraction of sp³-hybridized carbons (Fsp3) is 0.538. The summed E-state index contributed by atoms with van der Waals surface area (Å²) in [5, 5.41) is 6.08. The van der Waals surface area contributed by atoms with E-state index in [2.05, 4.69) is 30.4 Å². The molecule has 36 heavy (non-hydrogen) atoms. The molecule has 194 valence electrons. The second kappa shape index (κ2) is 13.5. The molecule has 0 unspecified atom stereocenters. The van der Waals surface area contributed by atoms with E-state index in [-0.39, 0.29) is 12.1 Å². The number of urea groups is 2. The van der Waals surface area contributed by atoms with E-state index in [1.807, 2.05) is 46.2 Å². The van der Waals surface area contributed by atoms with Crippen LogP contribution in [0.3, 0.4) is 0 Å². The molecular weight excluding hydrogens is 456 g/mol. The van der Waals surface area contributed by atoms with E-state index in [1.54, 1.807) is 12.4 Å². The Morgan fingerprint density at radius 3 is 1.39 bits per heavy atom. The van der Waals surface area contributed by atoms with Crippen molar-refractivity contribution in [3.8, 4) is 0 Å². The molecule has 0 spiro atoms. The van der Waals surface area contributed by atoms with Gasteiger partial charge in [-0.15, -0.1) is 0 Å². The first kappa shape index (κ1) is 25.5. The monoisotopic (exact) mass is 494 g/mol. The zero-order chi connectivity index (χ0) is 25.0. The third kappa shape index (κ3) is 7.47. The number of amides is 4. The fourth-order valence-electron chi connectivity index (χ4n) is 4.58. The van der Waals surface area contributed by atoms with Gasteiger partial charge in [0.25, 0.3) is 0 Å². The largest absolute Gasteiger partial charge is 0.353 e. The summed E-state index contributed by atoms with van der Waals surface area (Å²) in [4.78, 5) is 41.8. The highest BCUT2D eigenvalue weighted by atomic mass is 16.2. The standard InChI is InChI=1S/C26H38N8O2/c35-25(33-19-15-31(16-20-33)23-9-3-7-11-27-23)29-13-5-1-2-6-14-30-26(36)34-21-17-32(18-22-34)24-10-4-8-12-28-24/h3-4,7-12H,1-2,5-6,13-22H2,(H,29,35)(H,30,36). The molecule has 2 aromatic rings. The SMILES string of the molecule is O=C(NCCCCCCNC(=O)N1CCN(c2ccccn2)CC1)N1CCN(c2ccccn2)CC1. The van der Waals surface area contributed by atoms with Gasteiger partial charge in [0.15, 0.2) is 0 Å². The van der Waals surface area contributed by atoms with Gasteiger partial charge in [-0.3, -0.25) is 0 Å². The van der Waals surface area contributed by atoms with Gasteiger partial charge >= 0.3 is 12.1 Å². The maximum atomic E-state index is 12.4. The smallest absolute Gasteiger partial charge is 0.317 e. The molecule has 0 bridgehead atoms. The number of nitrogens with zero attached hydrogens (tertiary/aromatic N) is 6. The van der Waals surface area contributed by atoms with Crippen LogP contribution in [0, 0.1) is 0 Å². The van der Waals surface area contributed by atoms with Crippen molar-refractivity contribution in [3.63, 3.8) is 0 Å². The average molecular weight is 495 g/mol. The first-order valence-corrected chi connectivity index (χ1v) is 13.1. The molecule has 4 heterocycles. The Kier molecular flexibility index (Phi) is 9.58. The van der Waals surface area contributed by atoms with Gasteiger partial charge in [-0.25, -0.2) is 19.6 Å². The lowest BCUT2D eigenvalue weighted by molar-refractivity contribution is 0.193. The summed E-state index contributed by atoms with van der Waals surface area (Å²) in [6.07, 6.45) is 7.56. The van der Waals surface area contributed by atoms with Crippen molar-refractivity contribution in [2.45, 2.75) is 25.7 Å². The Morgan fingerprint density at radius 2 is 1.03 bits per heavy atom. The maximum absolute atomic E-state index is 12.4. The van der Waals surface area contributed by atoms with E-state index in [4.69, 9.17) is 0 Å². The molecule has 0 atom stereocenters. The summed E-state index contributed by atoms with van der Waals surface area (Å²) in [7, 11) is 0. The van der Waals surface area contributed by atoms with Crippen molar-refractivity contribution in [2.75, 3.05) is 75.2 Å². The number of carbonyl (C=O) groups excluding carboxylic acids is 2. The summed E-state index contributed by atoms with van der Waals surface area (Å²) < 4.78 is 0. The van der Waals surface area contributed by atoms with E-state index in [9.17, 15) is 9.59 Å². The molecule has 2 fully saturated rings. The van der Waals surface area contributed by atoms with E-state index in [0.717, 1.165) is 63.5 Å². The third-order valence-electron chi connectivity index (χ3n) is 6.74. The topological polar surface area (TPSA) is 96.9 Å². The van der Waals surface area contributed by atoms with Gasteiger partial charge in [0.2, 0.25) is 0 Å². The van der Waals surface area contributed by atoms with Crippen molar-refractivity contribution in [2.24, 2.45) is 0 Å². The number of piperazine rings is 2. The number of rotatable bonds is 9. The van der Waals surface area contributed by atoms with Gasteiger partial charge in [0.1, 0.15) is 11.6 Å². The van der Waals surface area contributed by atoms with Crippen LogP contribution >= 0.6 is 0 Å². The van der Waals surface area contributed by atoms with Gasteiger partial charge in [-0.05, 0) is 37.1 Å². The van der Waals surface area contributed by atoms with Crippen LogP contribution in [0.25, 0.3) is 0 Å². The lowest BCUT2D eigenvalue weighted by Crippen LogP contribution is -2.52. The minimum absolute atomic E-state index is 0.0195. The number of unbranched alkanes of at least 4 members (excludes halogenated alkanes) is 3. The van der Waals surface area contributed by atoms with Gasteiger partial charge in [-0.1, -0.05) is 25.0 Å². The summed E-state index contributed by atoms with van der Waals surface area (Å²) in [6.45, 7) is 7.41. The first-order valence-electron chi connectivity index (χ1n) is 13.1. The van der Waals surface area contributed by atoms with Crippen LogP contribution in [0.15, 0.2) is 48.8 Å². The molecule has 2 aromatic heterocycles. The van der Waals surface area contributed by atoms with E-state index in [1.165, 1.54) is 0 Å². The van der Waals surface area contributed by atoms with Crippen LogP contribution < -0.4 is 20.4 Å². The highest BCUT2D eigenvalue weighted by Crippen LogP contribution is 2.13. The lowest BCUT2D eigenvalue weighted by atomic mass is 10.2. The minimum atomic E-state index is 0.0195. The first-order chi connectivity index (χ1) is 17.7. The fourth-order valence-corrected chi connectivity index (χ4v) is 4.58. The Morgan fingerprint density at radius 1 is 0.611 bits per heavy atom. The predicted octanol–water partition coefficient (Wildman–Crippen LogP) is 2.40. The highest BCUT2D eigenvalue weighted by Gasteiger charge is 2.22. The normalized spacial score (nSPS) is 16.1. The van der Waals surface area contributed by atoms with E-state index < -0.39 is 0 Å². The quantitative estimate of drug-likeness (QED) is 0.520. The number of hydrogen-bond donors (Lipinski definition) is 2. The molecule has 0 saturated carbocycles. The number of carbonyl (C=O) groups is 2. The number of anilines is 2. The zero-order valence-electron chi connectivity index (χ0n) is 21.0. The van der Waals surface area contributed by atoms with Crippen LogP contribution in [0.5, 0.6) is 0 Å². The van der Waals surface area contributed by atoms with Crippen molar-refractivity contribution in [1.82, 2.24) is 30.4 Å². The number of aromatic nitrogens is 2. The minimum Gasteiger partial charge on any atom is -0.353 e. The molecule has 2 saturated heterocycles. The molecule has 4 rings (SSSR count). The van der Waals surface area contributed by atoms with Crippen molar-refractivity contribution < 1.29 is 9.59 Å².